The van der Waals surface area contributed by atoms with Crippen molar-refractivity contribution in [2.45, 2.75) is 0 Å². The van der Waals surface area contributed by atoms with Crippen molar-refractivity contribution in [1.29, 1.82) is 0 Å². The lowest BCUT2D eigenvalue weighted by Gasteiger charge is -2.13. The molecule has 3 aromatic rings. The van der Waals surface area contributed by atoms with Crippen LogP contribution in [0.5, 0.6) is 23.0 Å². The average Bonchev–Trinajstić information content (AvgIpc) is 3.06. The predicted octanol–water partition coefficient (Wildman–Crippen LogP) is 3.11. The van der Waals surface area contributed by atoms with E-state index in [4.69, 9.17) is 18.7 Å². The van der Waals surface area contributed by atoms with Gasteiger partial charge in [0.05, 0.1) is 18.3 Å². The third kappa shape index (κ3) is 3.17. The van der Waals surface area contributed by atoms with Crippen molar-refractivity contribution in [3.8, 4) is 34.3 Å². The molecule has 2 heterocycles. The summed E-state index contributed by atoms with van der Waals surface area (Å²) in [5.41, 5.74) is 1.64. The van der Waals surface area contributed by atoms with E-state index in [-0.39, 0.29) is 12.5 Å². The smallest absolute Gasteiger partial charge is 0.497 e. The summed E-state index contributed by atoms with van der Waals surface area (Å²) in [6.07, 6.45) is 0. The van der Waals surface area contributed by atoms with Gasteiger partial charge in [-0.25, -0.2) is 9.55 Å². The molecule has 2 aromatic carbocycles. The lowest BCUT2D eigenvalue weighted by Crippen LogP contribution is -1.95. The van der Waals surface area contributed by atoms with E-state index < -0.39 is 7.82 Å². The monoisotopic (exact) mass is 375 g/mol. The summed E-state index contributed by atoms with van der Waals surface area (Å²) in [6.45, 7) is 0.0725. The number of phosphoric acid groups is 1. The molecule has 2 N–H and O–H groups in total. The van der Waals surface area contributed by atoms with Crippen LogP contribution in [0.4, 0.5) is 0 Å². The van der Waals surface area contributed by atoms with Crippen molar-refractivity contribution in [2.75, 3.05) is 13.9 Å². The van der Waals surface area contributed by atoms with Gasteiger partial charge in [0.2, 0.25) is 6.79 Å². The summed E-state index contributed by atoms with van der Waals surface area (Å²) >= 11 is 0. The minimum atomic E-state index is -4.76. The van der Waals surface area contributed by atoms with Crippen LogP contribution in [0.2, 0.25) is 0 Å². The van der Waals surface area contributed by atoms with Gasteiger partial charge in [-0.05, 0) is 18.2 Å². The SMILES string of the molecule is COc1cccc(-c2cc(OP(=O)(O)O)c3cc4c(cc3n2)OCO4)c1. The zero-order valence-corrected chi connectivity index (χ0v) is 14.5. The van der Waals surface area contributed by atoms with E-state index in [1.165, 1.54) is 6.07 Å². The highest BCUT2D eigenvalue weighted by Gasteiger charge is 2.22. The van der Waals surface area contributed by atoms with Gasteiger partial charge in [0.15, 0.2) is 11.5 Å². The topological polar surface area (TPSA) is 107 Å². The highest BCUT2D eigenvalue weighted by atomic mass is 31.2. The summed E-state index contributed by atoms with van der Waals surface area (Å²) in [7, 11) is -3.21. The lowest BCUT2D eigenvalue weighted by atomic mass is 10.1. The van der Waals surface area contributed by atoms with Crippen molar-refractivity contribution in [3.05, 3.63) is 42.5 Å². The molecule has 0 aliphatic carbocycles. The molecular formula is C17H14NO7P. The summed E-state index contributed by atoms with van der Waals surface area (Å²) in [5.74, 6) is 1.60. The molecular weight excluding hydrogens is 361 g/mol. The van der Waals surface area contributed by atoms with Gasteiger partial charge >= 0.3 is 7.82 Å². The number of rotatable bonds is 4. The highest BCUT2D eigenvalue weighted by molar-refractivity contribution is 7.46. The summed E-state index contributed by atoms with van der Waals surface area (Å²) in [5, 5.41) is 0.407. The minimum absolute atomic E-state index is 0.000506. The molecule has 0 spiro atoms. The number of nitrogens with zero attached hydrogens (tertiary/aromatic N) is 1. The minimum Gasteiger partial charge on any atom is -0.497 e. The van der Waals surface area contributed by atoms with E-state index >= 15 is 0 Å². The molecule has 0 unspecified atom stereocenters. The van der Waals surface area contributed by atoms with E-state index in [0.717, 1.165) is 0 Å². The molecule has 134 valence electrons. The Morgan fingerprint density at radius 3 is 2.62 bits per heavy atom. The molecule has 8 nitrogen and oxygen atoms in total. The number of phosphoric ester groups is 1. The number of fused-ring (bicyclic) bond motifs is 2. The largest absolute Gasteiger partial charge is 0.524 e. The zero-order valence-electron chi connectivity index (χ0n) is 13.6. The molecule has 0 saturated heterocycles. The van der Waals surface area contributed by atoms with E-state index in [1.807, 2.05) is 6.07 Å². The van der Waals surface area contributed by atoms with E-state index in [0.29, 0.717) is 39.4 Å². The first-order valence-electron chi connectivity index (χ1n) is 7.57. The molecule has 0 fully saturated rings. The molecule has 1 aromatic heterocycles. The molecule has 9 heteroatoms. The van der Waals surface area contributed by atoms with Crippen molar-refractivity contribution < 1.29 is 33.1 Å². The molecule has 0 atom stereocenters. The van der Waals surface area contributed by atoms with Crippen molar-refractivity contribution in [1.82, 2.24) is 4.98 Å². The fraction of sp³-hybridized carbons (Fsp3) is 0.118. The van der Waals surface area contributed by atoms with Crippen LogP contribution in [0.15, 0.2) is 42.5 Å². The van der Waals surface area contributed by atoms with Crippen LogP contribution in [0, 0.1) is 0 Å². The first-order chi connectivity index (χ1) is 12.4. The van der Waals surface area contributed by atoms with Crippen LogP contribution in [0.1, 0.15) is 0 Å². The van der Waals surface area contributed by atoms with Crippen molar-refractivity contribution in [2.24, 2.45) is 0 Å². The molecule has 0 amide bonds. The van der Waals surface area contributed by atoms with Gasteiger partial charge in [0.25, 0.3) is 0 Å². The number of benzene rings is 2. The van der Waals surface area contributed by atoms with Crippen LogP contribution in [-0.4, -0.2) is 28.7 Å². The number of hydrogen-bond acceptors (Lipinski definition) is 6. The fourth-order valence-electron chi connectivity index (χ4n) is 2.72. The maximum atomic E-state index is 11.4. The summed E-state index contributed by atoms with van der Waals surface area (Å²) < 4.78 is 32.2. The average molecular weight is 375 g/mol. The van der Waals surface area contributed by atoms with Crippen LogP contribution < -0.4 is 18.7 Å². The highest BCUT2D eigenvalue weighted by Crippen LogP contribution is 2.45. The Hall–Kier alpha value is -2.80. The van der Waals surface area contributed by atoms with Crippen LogP contribution in [0.3, 0.4) is 0 Å². The van der Waals surface area contributed by atoms with Crippen LogP contribution >= 0.6 is 7.82 Å². The molecule has 4 rings (SSSR count). The summed E-state index contributed by atoms with van der Waals surface area (Å²) in [6, 6.07) is 11.9. The molecule has 26 heavy (non-hydrogen) atoms. The number of pyridine rings is 1. The second-order valence-electron chi connectivity index (χ2n) is 5.54. The van der Waals surface area contributed by atoms with Crippen molar-refractivity contribution >= 4 is 18.7 Å². The second-order valence-corrected chi connectivity index (χ2v) is 6.71. The van der Waals surface area contributed by atoms with Gasteiger partial charge in [-0.3, -0.25) is 9.79 Å². The summed E-state index contributed by atoms with van der Waals surface area (Å²) in [4.78, 5) is 23.1. The maximum absolute atomic E-state index is 11.4. The Morgan fingerprint density at radius 2 is 1.88 bits per heavy atom. The van der Waals surface area contributed by atoms with Crippen molar-refractivity contribution in [3.63, 3.8) is 0 Å². The normalized spacial score (nSPS) is 13.0. The lowest BCUT2D eigenvalue weighted by molar-refractivity contribution is 0.174. The Morgan fingerprint density at radius 1 is 1.12 bits per heavy atom. The van der Waals surface area contributed by atoms with Gasteiger partial charge in [0, 0.05) is 23.1 Å². The van der Waals surface area contributed by atoms with E-state index in [9.17, 15) is 14.4 Å². The Labute approximate surface area is 148 Å². The quantitative estimate of drug-likeness (QED) is 0.670. The standard InChI is InChI=1S/C17H14NO7P/c1-22-11-4-2-3-10(5-11)13-7-15(25-26(19,20)21)12-6-16-17(24-9-23-16)8-14(12)18-13/h2-8H,9H2,1H3,(H2,19,20,21). The van der Waals surface area contributed by atoms with Gasteiger partial charge in [-0.15, -0.1) is 0 Å². The van der Waals surface area contributed by atoms with Gasteiger partial charge in [-0.1, -0.05) is 12.1 Å². The van der Waals surface area contributed by atoms with Gasteiger partial charge < -0.3 is 18.7 Å². The first kappa shape index (κ1) is 16.7. The van der Waals surface area contributed by atoms with Crippen LogP contribution in [-0.2, 0) is 4.57 Å². The number of hydrogen-bond donors (Lipinski definition) is 2. The molecule has 0 radical (unpaired) electrons. The predicted molar refractivity (Wildman–Crippen MR) is 92.5 cm³/mol. The third-order valence-electron chi connectivity index (χ3n) is 3.85. The molecule has 0 bridgehead atoms. The second kappa shape index (κ2) is 6.17. The molecule has 0 saturated carbocycles. The van der Waals surface area contributed by atoms with Crippen LogP contribution in [0.25, 0.3) is 22.2 Å². The number of methoxy groups -OCH3 is 1. The zero-order chi connectivity index (χ0) is 18.3. The van der Waals surface area contributed by atoms with E-state index in [2.05, 4.69) is 4.98 Å². The number of ether oxygens (including phenoxy) is 3. The molecule has 1 aliphatic heterocycles. The van der Waals surface area contributed by atoms with Gasteiger partial charge in [-0.2, -0.15) is 0 Å². The first-order valence-corrected chi connectivity index (χ1v) is 9.10. The molecule has 1 aliphatic rings. The van der Waals surface area contributed by atoms with Gasteiger partial charge in [0.1, 0.15) is 11.5 Å². The van der Waals surface area contributed by atoms with E-state index in [1.54, 1.807) is 37.4 Å². The number of aromatic nitrogens is 1. The maximum Gasteiger partial charge on any atom is 0.524 e. The Balaban J connectivity index is 1.94. The Kier molecular flexibility index (Phi) is 3.96. The Bertz CT molecular complexity index is 1050. The third-order valence-corrected chi connectivity index (χ3v) is 4.28. The fourth-order valence-corrected chi connectivity index (χ4v) is 3.13.